The lowest BCUT2D eigenvalue weighted by Crippen LogP contribution is -2.25. The lowest BCUT2D eigenvalue weighted by molar-refractivity contribution is 0.623. The highest BCUT2D eigenvalue weighted by Crippen LogP contribution is 2.08. The van der Waals surface area contributed by atoms with E-state index in [1.54, 1.807) is 18.3 Å². The highest BCUT2D eigenvalue weighted by Gasteiger charge is 2.05. The molecule has 3 heteroatoms. The zero-order valence-electron chi connectivity index (χ0n) is 9.51. The Balaban J connectivity index is 1.93. The van der Waals surface area contributed by atoms with Crippen molar-refractivity contribution in [3.8, 4) is 0 Å². The maximum absolute atomic E-state index is 12.7. The van der Waals surface area contributed by atoms with E-state index in [-0.39, 0.29) is 11.9 Å². The Bertz CT molecular complexity index is 453. The van der Waals surface area contributed by atoms with E-state index in [0.29, 0.717) is 0 Å². The van der Waals surface area contributed by atoms with Crippen LogP contribution in [0.3, 0.4) is 0 Å². The molecule has 1 aromatic heterocycles. The molecular weight excluding hydrogens is 215 g/mol. The molecule has 2 aromatic rings. The van der Waals surface area contributed by atoms with E-state index in [1.807, 2.05) is 18.3 Å². The highest BCUT2D eigenvalue weighted by atomic mass is 19.1. The van der Waals surface area contributed by atoms with Crippen molar-refractivity contribution < 1.29 is 4.39 Å². The van der Waals surface area contributed by atoms with Crippen molar-refractivity contribution in [2.24, 2.45) is 5.73 Å². The van der Waals surface area contributed by atoms with E-state index in [0.717, 1.165) is 24.0 Å². The average Bonchev–Trinajstić information content (AvgIpc) is 2.33. The first kappa shape index (κ1) is 11.7. The number of benzene rings is 1. The molecule has 1 unspecified atom stereocenters. The van der Waals surface area contributed by atoms with Crippen molar-refractivity contribution in [3.63, 3.8) is 0 Å². The van der Waals surface area contributed by atoms with E-state index in [9.17, 15) is 4.39 Å². The Morgan fingerprint density at radius 3 is 2.41 bits per heavy atom. The Labute approximate surface area is 100 Å². The molecule has 0 aliphatic rings. The van der Waals surface area contributed by atoms with Crippen molar-refractivity contribution >= 4 is 0 Å². The molecule has 1 heterocycles. The molecule has 0 bridgehead atoms. The fourth-order valence-corrected chi connectivity index (χ4v) is 1.82. The summed E-state index contributed by atoms with van der Waals surface area (Å²) in [5.41, 5.74) is 8.24. The Morgan fingerprint density at radius 2 is 1.76 bits per heavy atom. The monoisotopic (exact) mass is 230 g/mol. The molecule has 0 amide bonds. The molecule has 2 nitrogen and oxygen atoms in total. The van der Waals surface area contributed by atoms with Crippen molar-refractivity contribution in [3.05, 3.63) is 65.7 Å². The smallest absolute Gasteiger partial charge is 0.123 e. The summed E-state index contributed by atoms with van der Waals surface area (Å²) in [7, 11) is 0. The van der Waals surface area contributed by atoms with Gasteiger partial charge >= 0.3 is 0 Å². The normalized spacial score (nSPS) is 12.4. The van der Waals surface area contributed by atoms with Crippen LogP contribution < -0.4 is 5.73 Å². The van der Waals surface area contributed by atoms with Crippen molar-refractivity contribution in [2.45, 2.75) is 18.9 Å². The second-order valence-corrected chi connectivity index (χ2v) is 4.16. The predicted molar refractivity (Wildman–Crippen MR) is 66.0 cm³/mol. The molecule has 0 saturated carbocycles. The summed E-state index contributed by atoms with van der Waals surface area (Å²) >= 11 is 0. The van der Waals surface area contributed by atoms with Gasteiger partial charge in [-0.15, -0.1) is 0 Å². The molecule has 88 valence electrons. The van der Waals surface area contributed by atoms with Crippen LogP contribution in [0.25, 0.3) is 0 Å². The van der Waals surface area contributed by atoms with Crippen molar-refractivity contribution in [2.75, 3.05) is 0 Å². The molecule has 0 saturated heterocycles. The van der Waals surface area contributed by atoms with Crippen LogP contribution in [0.4, 0.5) is 4.39 Å². The summed E-state index contributed by atoms with van der Waals surface area (Å²) < 4.78 is 12.7. The number of nitrogens with two attached hydrogens (primary N) is 1. The largest absolute Gasteiger partial charge is 0.327 e. The summed E-state index contributed by atoms with van der Waals surface area (Å²) in [4.78, 5) is 4.05. The quantitative estimate of drug-likeness (QED) is 0.875. The van der Waals surface area contributed by atoms with Crippen LogP contribution in [0.15, 0.2) is 48.8 Å². The Hall–Kier alpha value is -1.74. The number of nitrogens with zero attached hydrogens (tertiary/aromatic N) is 1. The summed E-state index contributed by atoms with van der Waals surface area (Å²) in [5.74, 6) is -0.213. The summed E-state index contributed by atoms with van der Waals surface area (Å²) in [6.45, 7) is 0. The van der Waals surface area contributed by atoms with E-state index in [4.69, 9.17) is 5.73 Å². The lowest BCUT2D eigenvalue weighted by atomic mass is 10.0. The zero-order valence-corrected chi connectivity index (χ0v) is 9.51. The first-order valence-electron chi connectivity index (χ1n) is 5.63. The molecule has 0 spiro atoms. The number of halogens is 1. The maximum atomic E-state index is 12.7. The molecule has 0 aliphatic carbocycles. The third kappa shape index (κ3) is 3.64. The standard InChI is InChI=1S/C14H15FN2/c15-13-5-3-11(4-6-13)8-14(16)9-12-2-1-7-17-10-12/h1-7,10,14H,8-9,16H2. The summed E-state index contributed by atoms with van der Waals surface area (Å²) in [5, 5.41) is 0. The van der Waals surface area contributed by atoms with E-state index < -0.39 is 0 Å². The van der Waals surface area contributed by atoms with Crippen LogP contribution in [0.5, 0.6) is 0 Å². The van der Waals surface area contributed by atoms with Crippen LogP contribution in [-0.2, 0) is 12.8 Å². The van der Waals surface area contributed by atoms with Crippen LogP contribution in [0, 0.1) is 5.82 Å². The predicted octanol–water partition coefficient (Wildman–Crippen LogP) is 2.33. The van der Waals surface area contributed by atoms with Crippen LogP contribution in [0.2, 0.25) is 0 Å². The van der Waals surface area contributed by atoms with Gasteiger partial charge in [0.05, 0.1) is 0 Å². The van der Waals surface area contributed by atoms with Crippen molar-refractivity contribution in [1.82, 2.24) is 4.98 Å². The fraction of sp³-hybridized carbons (Fsp3) is 0.214. The SMILES string of the molecule is NC(Cc1ccc(F)cc1)Cc1cccnc1. The third-order valence-corrected chi connectivity index (χ3v) is 2.63. The number of aromatic nitrogens is 1. The first-order chi connectivity index (χ1) is 8.24. The first-order valence-corrected chi connectivity index (χ1v) is 5.63. The zero-order chi connectivity index (χ0) is 12.1. The topological polar surface area (TPSA) is 38.9 Å². The molecule has 0 fully saturated rings. The maximum Gasteiger partial charge on any atom is 0.123 e. The van der Waals surface area contributed by atoms with Crippen LogP contribution >= 0.6 is 0 Å². The molecular formula is C14H15FN2. The van der Waals surface area contributed by atoms with Crippen LogP contribution in [-0.4, -0.2) is 11.0 Å². The van der Waals surface area contributed by atoms with Gasteiger partial charge in [-0.25, -0.2) is 4.39 Å². The molecule has 2 N–H and O–H groups in total. The average molecular weight is 230 g/mol. The minimum Gasteiger partial charge on any atom is -0.327 e. The fourth-order valence-electron chi connectivity index (χ4n) is 1.82. The van der Waals surface area contributed by atoms with Gasteiger partial charge in [-0.3, -0.25) is 4.98 Å². The highest BCUT2D eigenvalue weighted by molar-refractivity contribution is 5.18. The van der Waals surface area contributed by atoms with Gasteiger partial charge in [-0.05, 0) is 42.2 Å². The second-order valence-electron chi connectivity index (χ2n) is 4.16. The second kappa shape index (κ2) is 5.55. The minimum absolute atomic E-state index is 0.0321. The number of hydrogen-bond acceptors (Lipinski definition) is 2. The van der Waals surface area contributed by atoms with Gasteiger partial charge in [0.25, 0.3) is 0 Å². The van der Waals surface area contributed by atoms with Gasteiger partial charge < -0.3 is 5.73 Å². The minimum atomic E-state index is -0.213. The Morgan fingerprint density at radius 1 is 1.06 bits per heavy atom. The summed E-state index contributed by atoms with van der Waals surface area (Å²) in [6, 6.07) is 10.4. The van der Waals surface area contributed by atoms with Gasteiger partial charge in [-0.2, -0.15) is 0 Å². The lowest BCUT2D eigenvalue weighted by Gasteiger charge is -2.11. The van der Waals surface area contributed by atoms with Gasteiger partial charge in [0.1, 0.15) is 5.82 Å². The molecule has 0 aliphatic heterocycles. The molecule has 1 atom stereocenters. The molecule has 2 rings (SSSR count). The molecule has 17 heavy (non-hydrogen) atoms. The van der Waals surface area contributed by atoms with Gasteiger partial charge in [-0.1, -0.05) is 18.2 Å². The van der Waals surface area contributed by atoms with Crippen molar-refractivity contribution in [1.29, 1.82) is 0 Å². The van der Waals surface area contributed by atoms with E-state index in [1.165, 1.54) is 12.1 Å². The van der Waals surface area contributed by atoms with Gasteiger partial charge in [0, 0.05) is 18.4 Å². The number of hydrogen-bond donors (Lipinski definition) is 1. The summed E-state index contributed by atoms with van der Waals surface area (Å²) in [6.07, 6.45) is 5.10. The third-order valence-electron chi connectivity index (χ3n) is 2.63. The molecule has 1 aromatic carbocycles. The van der Waals surface area contributed by atoms with E-state index in [2.05, 4.69) is 4.98 Å². The number of rotatable bonds is 4. The van der Waals surface area contributed by atoms with Gasteiger partial charge in [0.15, 0.2) is 0 Å². The molecule has 0 radical (unpaired) electrons. The Kier molecular flexibility index (Phi) is 3.83. The van der Waals surface area contributed by atoms with Crippen LogP contribution in [0.1, 0.15) is 11.1 Å². The van der Waals surface area contributed by atoms with E-state index >= 15 is 0 Å². The number of pyridine rings is 1. The van der Waals surface area contributed by atoms with Gasteiger partial charge in [0.2, 0.25) is 0 Å².